The molecule has 2 aliphatic heterocycles. The van der Waals surface area contributed by atoms with Crippen molar-refractivity contribution in [3.05, 3.63) is 24.2 Å². The third-order valence-corrected chi connectivity index (χ3v) is 6.16. The van der Waals surface area contributed by atoms with Gasteiger partial charge in [0, 0.05) is 13.2 Å². The van der Waals surface area contributed by atoms with Crippen molar-refractivity contribution < 1.29 is 42.2 Å². The molecule has 178 valence electrons. The van der Waals surface area contributed by atoms with Crippen LogP contribution < -0.4 is 5.73 Å². The Kier molecular flexibility index (Phi) is 6.53. The molecule has 2 aliphatic rings. The number of hydrogen-bond acceptors (Lipinski definition) is 12. The number of ether oxygens (including phenoxy) is 4. The van der Waals surface area contributed by atoms with E-state index in [0.29, 0.717) is 25.2 Å². The number of fused-ring (bicyclic) bond motifs is 2. The predicted molar refractivity (Wildman–Crippen MR) is 108 cm³/mol. The molecular weight excluding hydrogens is 461 g/mol. The zero-order chi connectivity index (χ0) is 23.6. The number of aromatic nitrogens is 3. The van der Waals surface area contributed by atoms with Crippen LogP contribution in [0.2, 0.25) is 0 Å². The zero-order valence-electron chi connectivity index (χ0n) is 17.5. The van der Waals surface area contributed by atoms with Gasteiger partial charge in [-0.2, -0.15) is 10.4 Å². The monoisotopic (exact) mass is 483 g/mol. The minimum atomic E-state index is -4.44. The molecule has 14 nitrogen and oxygen atoms in total. The first-order valence-electron chi connectivity index (χ1n) is 10.1. The summed E-state index contributed by atoms with van der Waals surface area (Å²) in [5.41, 5.74) is 4.64. The lowest BCUT2D eigenvalue weighted by atomic mass is 9.92. The Labute approximate surface area is 187 Å². The molecule has 3 N–H and O–H groups in total. The van der Waals surface area contributed by atoms with Crippen LogP contribution in [0.1, 0.15) is 19.0 Å². The van der Waals surface area contributed by atoms with E-state index in [1.165, 1.54) is 16.9 Å². The number of rotatable bonds is 10. The summed E-state index contributed by atoms with van der Waals surface area (Å²) in [5.74, 6) is 0.168. The minimum absolute atomic E-state index is 0.0666. The van der Waals surface area contributed by atoms with Gasteiger partial charge in [0.15, 0.2) is 18.0 Å². The van der Waals surface area contributed by atoms with Gasteiger partial charge in [0.05, 0.1) is 18.9 Å². The highest BCUT2D eigenvalue weighted by Gasteiger charge is 2.65. The van der Waals surface area contributed by atoms with E-state index < -0.39 is 44.5 Å². The van der Waals surface area contributed by atoms with Crippen LogP contribution in [0.15, 0.2) is 18.5 Å². The molecule has 0 aliphatic carbocycles. The van der Waals surface area contributed by atoms with Crippen LogP contribution >= 0.6 is 7.82 Å². The molecule has 0 aromatic carbocycles. The van der Waals surface area contributed by atoms with E-state index in [1.54, 1.807) is 6.07 Å². The van der Waals surface area contributed by atoms with Gasteiger partial charge in [-0.1, -0.05) is 0 Å². The molecule has 0 spiro atoms. The van der Waals surface area contributed by atoms with Gasteiger partial charge in [0.1, 0.15) is 24.0 Å². The van der Waals surface area contributed by atoms with Gasteiger partial charge in [-0.05, 0) is 25.5 Å². The number of anilines is 1. The van der Waals surface area contributed by atoms with Crippen LogP contribution in [0.3, 0.4) is 0 Å². The quantitative estimate of drug-likeness (QED) is 0.275. The maximum atomic E-state index is 12.2. The van der Waals surface area contributed by atoms with Gasteiger partial charge in [0.25, 0.3) is 0 Å². The number of hydrogen-bond donors (Lipinski definition) is 2. The van der Waals surface area contributed by atoms with E-state index >= 15 is 0 Å². The summed E-state index contributed by atoms with van der Waals surface area (Å²) in [5, 5.41) is 14.2. The smallest absolute Gasteiger partial charge is 0.424 e. The molecule has 1 unspecified atom stereocenters. The van der Waals surface area contributed by atoms with Crippen molar-refractivity contribution >= 4 is 25.3 Å². The van der Waals surface area contributed by atoms with Crippen molar-refractivity contribution in [2.75, 3.05) is 32.2 Å². The second-order valence-electron chi connectivity index (χ2n) is 7.18. The summed E-state index contributed by atoms with van der Waals surface area (Å²) in [6, 6.07) is 5.15. The van der Waals surface area contributed by atoms with Crippen molar-refractivity contribution in [3.63, 3.8) is 0 Å². The Bertz CT molecular complexity index is 1120. The van der Waals surface area contributed by atoms with Gasteiger partial charge < -0.3 is 29.6 Å². The molecule has 4 heterocycles. The van der Waals surface area contributed by atoms with E-state index in [0.717, 1.165) is 0 Å². The fourth-order valence-corrected chi connectivity index (χ4v) is 4.51. The molecule has 0 radical (unpaired) electrons. The molecule has 2 fully saturated rings. The Morgan fingerprint density at radius 3 is 2.94 bits per heavy atom. The standard InChI is InChI=1S/C18H22N5O9P/c1-2-27-6-3-7-28-33(25,26)29-8-12-14-15(31-17(24)30-14)18(9-19,32-12)13-5-4-11-16(20)21-10-22-23(11)13/h4-5,10,12,14-15H,2-3,6-8H2,1H3,(H,25,26)(H2,20,21,22)/t12-,14-,15-,18+/m1/s1. The second-order valence-corrected chi connectivity index (χ2v) is 8.64. The minimum Gasteiger partial charge on any atom is -0.424 e. The summed E-state index contributed by atoms with van der Waals surface area (Å²) in [7, 11) is -4.44. The van der Waals surface area contributed by atoms with Crippen molar-refractivity contribution in [1.82, 2.24) is 14.6 Å². The van der Waals surface area contributed by atoms with Gasteiger partial charge >= 0.3 is 14.0 Å². The largest absolute Gasteiger partial charge is 0.509 e. The number of nitriles is 1. The first-order valence-corrected chi connectivity index (χ1v) is 11.6. The average Bonchev–Trinajstić information content (AvgIpc) is 3.46. The first-order chi connectivity index (χ1) is 15.8. The normalized spacial score (nSPS) is 28.2. The molecule has 2 aromatic heterocycles. The van der Waals surface area contributed by atoms with Gasteiger partial charge in [-0.3, -0.25) is 9.05 Å². The van der Waals surface area contributed by atoms with E-state index in [1.807, 2.05) is 13.0 Å². The molecule has 4 rings (SSSR count). The van der Waals surface area contributed by atoms with Crippen LogP contribution in [0.5, 0.6) is 0 Å². The molecule has 33 heavy (non-hydrogen) atoms. The van der Waals surface area contributed by atoms with Crippen LogP contribution in [0.25, 0.3) is 5.52 Å². The van der Waals surface area contributed by atoms with Crippen molar-refractivity contribution in [2.24, 2.45) is 0 Å². The molecule has 0 amide bonds. The number of carbonyl (C=O) groups is 1. The molecule has 2 aromatic rings. The number of carbonyl (C=O) groups excluding carboxylic acids is 1. The molecule has 5 atom stereocenters. The Balaban J connectivity index is 1.53. The summed E-state index contributed by atoms with van der Waals surface area (Å²) >= 11 is 0. The lowest BCUT2D eigenvalue weighted by molar-refractivity contribution is -0.0814. The maximum absolute atomic E-state index is 12.2. The lowest BCUT2D eigenvalue weighted by Gasteiger charge is -2.24. The maximum Gasteiger partial charge on any atom is 0.509 e. The molecular formula is C18H22N5O9P. The highest BCUT2D eigenvalue weighted by atomic mass is 31.2. The van der Waals surface area contributed by atoms with E-state index in [4.69, 9.17) is 33.7 Å². The van der Waals surface area contributed by atoms with E-state index in [2.05, 4.69) is 10.1 Å². The molecule has 0 saturated carbocycles. The lowest BCUT2D eigenvalue weighted by Crippen LogP contribution is -2.39. The predicted octanol–water partition coefficient (Wildman–Crippen LogP) is 0.893. The average molecular weight is 483 g/mol. The first kappa shape index (κ1) is 23.4. The summed E-state index contributed by atoms with van der Waals surface area (Å²) in [4.78, 5) is 25.7. The Hall–Kier alpha value is -2.79. The van der Waals surface area contributed by atoms with E-state index in [-0.39, 0.29) is 18.1 Å². The number of phosphoric ester groups is 1. The second kappa shape index (κ2) is 9.22. The van der Waals surface area contributed by atoms with Gasteiger partial charge in [-0.25, -0.2) is 18.9 Å². The van der Waals surface area contributed by atoms with Crippen molar-refractivity contribution in [3.8, 4) is 6.07 Å². The van der Waals surface area contributed by atoms with Crippen LogP contribution in [-0.4, -0.2) is 70.4 Å². The van der Waals surface area contributed by atoms with Crippen LogP contribution in [0.4, 0.5) is 10.6 Å². The third-order valence-electron chi connectivity index (χ3n) is 5.18. The Morgan fingerprint density at radius 1 is 1.36 bits per heavy atom. The van der Waals surface area contributed by atoms with Crippen LogP contribution in [-0.2, 0) is 38.2 Å². The molecule has 0 bridgehead atoms. The summed E-state index contributed by atoms with van der Waals surface area (Å²) in [6.45, 7) is 2.13. The highest BCUT2D eigenvalue weighted by molar-refractivity contribution is 7.47. The van der Waals surface area contributed by atoms with Gasteiger partial charge in [0.2, 0.25) is 5.60 Å². The van der Waals surface area contributed by atoms with Crippen LogP contribution in [0, 0.1) is 11.3 Å². The molecule has 2 saturated heterocycles. The van der Waals surface area contributed by atoms with E-state index in [9.17, 15) is 19.5 Å². The zero-order valence-corrected chi connectivity index (χ0v) is 18.4. The third kappa shape index (κ3) is 4.39. The van der Waals surface area contributed by atoms with Crippen molar-refractivity contribution in [2.45, 2.75) is 37.3 Å². The number of nitrogens with two attached hydrogens (primary N) is 1. The fourth-order valence-electron chi connectivity index (χ4n) is 3.74. The fraction of sp³-hybridized carbons (Fsp3) is 0.556. The number of nitrogens with zero attached hydrogens (tertiary/aromatic N) is 4. The van der Waals surface area contributed by atoms with Crippen molar-refractivity contribution in [1.29, 1.82) is 5.26 Å². The summed E-state index contributed by atoms with van der Waals surface area (Å²) in [6.07, 6.45) is -2.80. The number of nitrogen functional groups attached to an aromatic ring is 1. The highest BCUT2D eigenvalue weighted by Crippen LogP contribution is 2.49. The number of phosphoric acid groups is 1. The topological polar surface area (TPSA) is 190 Å². The Morgan fingerprint density at radius 2 is 2.18 bits per heavy atom. The van der Waals surface area contributed by atoms with Gasteiger partial charge in [-0.15, -0.1) is 0 Å². The SMILES string of the molecule is CCOCCCOP(=O)(O)OC[C@H]1O[C@@](C#N)(c2ccc3c(N)ncnn23)[C@@H]2OC(=O)O[C@@H]21. The molecule has 15 heteroatoms. The summed E-state index contributed by atoms with van der Waals surface area (Å²) < 4.78 is 45.0.